The zero-order valence-electron chi connectivity index (χ0n) is 5.82. The minimum atomic E-state index is 0.774. The Bertz CT molecular complexity index is 50.5. The van der Waals surface area contributed by atoms with E-state index in [0.717, 1.165) is 6.04 Å². The Balaban J connectivity index is 3.35. The van der Waals surface area contributed by atoms with E-state index in [2.05, 4.69) is 46.9 Å². The Labute approximate surface area is 65.9 Å². The van der Waals surface area contributed by atoms with Gasteiger partial charge in [0.15, 0.2) is 0 Å². The highest BCUT2D eigenvalue weighted by molar-refractivity contribution is 14.1. The Morgan fingerprint density at radius 1 is 1.38 bits per heavy atom. The minimum absolute atomic E-state index is 0.774. The van der Waals surface area contributed by atoms with Crippen molar-refractivity contribution in [2.24, 2.45) is 0 Å². The van der Waals surface area contributed by atoms with Crippen molar-refractivity contribution in [3.05, 3.63) is 0 Å². The van der Waals surface area contributed by atoms with Crippen LogP contribution in [-0.4, -0.2) is 16.2 Å². The smallest absolute Gasteiger partial charge is 0.0201 e. The Hall–Kier alpha value is 0.690. The molecule has 0 aliphatic carbocycles. The number of nitrogens with zero attached hydrogens (tertiary/aromatic N) is 1. The van der Waals surface area contributed by atoms with Gasteiger partial charge in [0.1, 0.15) is 0 Å². The van der Waals surface area contributed by atoms with Crippen LogP contribution in [0.1, 0.15) is 26.7 Å². The van der Waals surface area contributed by atoms with Gasteiger partial charge in [-0.05, 0) is 19.9 Å². The number of rotatable bonds is 3. The lowest BCUT2D eigenvalue weighted by Gasteiger charge is -2.17. The molecule has 8 heavy (non-hydrogen) atoms. The fourth-order valence-electron chi connectivity index (χ4n) is 0.792. The maximum absolute atomic E-state index is 2.34. The molecule has 50 valence electrons. The van der Waals surface area contributed by atoms with Gasteiger partial charge < -0.3 is 0 Å². The van der Waals surface area contributed by atoms with Gasteiger partial charge in [0, 0.05) is 28.9 Å². The molecule has 2 heteroatoms. The highest BCUT2D eigenvalue weighted by Gasteiger charge is 2.04. The maximum Gasteiger partial charge on any atom is 0.0201 e. The first-order valence-corrected chi connectivity index (χ1v) is 4.07. The summed E-state index contributed by atoms with van der Waals surface area (Å²) in [5, 5.41) is 0. The molecule has 0 amide bonds. The van der Waals surface area contributed by atoms with Gasteiger partial charge in [-0.1, -0.05) is 13.8 Å². The van der Waals surface area contributed by atoms with Crippen LogP contribution in [0.2, 0.25) is 0 Å². The maximum atomic E-state index is 2.34. The van der Waals surface area contributed by atoms with Gasteiger partial charge in [-0.3, -0.25) is 0 Å². The van der Waals surface area contributed by atoms with Crippen molar-refractivity contribution in [2.75, 3.05) is 7.05 Å². The summed E-state index contributed by atoms with van der Waals surface area (Å²) >= 11 is 2.34. The molecule has 0 bridgehead atoms. The van der Waals surface area contributed by atoms with Crippen LogP contribution in [0.25, 0.3) is 0 Å². The summed E-state index contributed by atoms with van der Waals surface area (Å²) in [7, 11) is 2.12. The van der Waals surface area contributed by atoms with E-state index < -0.39 is 0 Å². The van der Waals surface area contributed by atoms with Crippen LogP contribution in [0.15, 0.2) is 0 Å². The van der Waals surface area contributed by atoms with Gasteiger partial charge in [0.25, 0.3) is 0 Å². The van der Waals surface area contributed by atoms with E-state index >= 15 is 0 Å². The minimum Gasteiger partial charge on any atom is -0.248 e. The first kappa shape index (κ1) is 8.69. The largest absolute Gasteiger partial charge is 0.248 e. The van der Waals surface area contributed by atoms with Crippen LogP contribution >= 0.6 is 22.9 Å². The Morgan fingerprint density at radius 3 is 1.75 bits per heavy atom. The zero-order valence-corrected chi connectivity index (χ0v) is 7.97. The molecule has 0 aromatic carbocycles. The van der Waals surface area contributed by atoms with Crippen LogP contribution in [0.3, 0.4) is 0 Å². The van der Waals surface area contributed by atoms with Crippen LogP contribution in [0.5, 0.6) is 0 Å². The molecule has 0 aliphatic rings. The lowest BCUT2D eigenvalue weighted by Crippen LogP contribution is -2.20. The molecule has 0 aliphatic heterocycles. The summed E-state index contributed by atoms with van der Waals surface area (Å²) in [5.74, 6) is 0. The predicted octanol–water partition coefficient (Wildman–Crippen LogP) is 2.46. The Morgan fingerprint density at radius 2 is 1.75 bits per heavy atom. The van der Waals surface area contributed by atoms with Crippen LogP contribution in [-0.2, 0) is 0 Å². The standard InChI is InChI=1S/C6H14IN/c1-4-6(5-2)8(3)7/h6H,4-5H2,1-3H3. The molecule has 0 radical (unpaired) electrons. The molecule has 0 unspecified atom stereocenters. The fourth-order valence-corrected chi connectivity index (χ4v) is 1.58. The van der Waals surface area contributed by atoms with E-state index in [1.54, 1.807) is 0 Å². The molecule has 0 spiro atoms. The summed E-state index contributed by atoms with van der Waals surface area (Å²) in [6.45, 7) is 4.45. The van der Waals surface area contributed by atoms with E-state index in [1.165, 1.54) is 12.8 Å². The molecule has 0 aromatic heterocycles. The lowest BCUT2D eigenvalue weighted by molar-refractivity contribution is 0.413. The topological polar surface area (TPSA) is 3.24 Å². The van der Waals surface area contributed by atoms with E-state index in [4.69, 9.17) is 0 Å². The van der Waals surface area contributed by atoms with Crippen molar-refractivity contribution in [3.8, 4) is 0 Å². The summed E-state index contributed by atoms with van der Waals surface area (Å²) in [4.78, 5) is 0. The van der Waals surface area contributed by atoms with E-state index in [-0.39, 0.29) is 0 Å². The van der Waals surface area contributed by atoms with E-state index in [0.29, 0.717) is 0 Å². The van der Waals surface area contributed by atoms with E-state index in [1.807, 2.05) is 0 Å². The summed E-state index contributed by atoms with van der Waals surface area (Å²) in [5.41, 5.74) is 0. The Kier molecular flexibility index (Phi) is 4.95. The van der Waals surface area contributed by atoms with Crippen molar-refractivity contribution in [1.82, 2.24) is 3.11 Å². The summed E-state index contributed by atoms with van der Waals surface area (Å²) in [6.07, 6.45) is 2.52. The third-order valence-electron chi connectivity index (χ3n) is 1.45. The molecule has 0 fully saturated rings. The van der Waals surface area contributed by atoms with Gasteiger partial charge in [-0.15, -0.1) is 0 Å². The van der Waals surface area contributed by atoms with Gasteiger partial charge in [-0.2, -0.15) is 0 Å². The molecule has 0 saturated heterocycles. The molecule has 1 nitrogen and oxygen atoms in total. The second-order valence-electron chi connectivity index (χ2n) is 2.00. The third-order valence-corrected chi connectivity index (χ3v) is 2.23. The predicted molar refractivity (Wildman–Crippen MR) is 46.2 cm³/mol. The first-order valence-electron chi connectivity index (χ1n) is 3.11. The van der Waals surface area contributed by atoms with Crippen molar-refractivity contribution in [3.63, 3.8) is 0 Å². The van der Waals surface area contributed by atoms with Gasteiger partial charge in [0.05, 0.1) is 0 Å². The molecular formula is C6H14IN. The fraction of sp³-hybridized carbons (Fsp3) is 1.00. The molecule has 0 aromatic rings. The first-order chi connectivity index (χ1) is 3.72. The van der Waals surface area contributed by atoms with Crippen molar-refractivity contribution >= 4 is 22.9 Å². The number of hydrogen-bond acceptors (Lipinski definition) is 1. The lowest BCUT2D eigenvalue weighted by atomic mass is 10.2. The van der Waals surface area contributed by atoms with Crippen LogP contribution in [0, 0.1) is 0 Å². The zero-order chi connectivity index (χ0) is 6.57. The molecule has 0 saturated carbocycles. The van der Waals surface area contributed by atoms with Crippen molar-refractivity contribution in [1.29, 1.82) is 0 Å². The summed E-state index contributed by atoms with van der Waals surface area (Å²) in [6, 6.07) is 0.774. The quantitative estimate of drug-likeness (QED) is 0.528. The SMILES string of the molecule is CCC(CC)N(C)I. The molecule has 0 N–H and O–H groups in total. The van der Waals surface area contributed by atoms with Gasteiger partial charge in [0.2, 0.25) is 0 Å². The van der Waals surface area contributed by atoms with Crippen LogP contribution < -0.4 is 0 Å². The average Bonchev–Trinajstić information content (AvgIpc) is 1.69. The number of halogens is 1. The normalized spacial score (nSPS) is 11.2. The molecular weight excluding hydrogens is 213 g/mol. The van der Waals surface area contributed by atoms with Crippen molar-refractivity contribution in [2.45, 2.75) is 32.7 Å². The second-order valence-corrected chi connectivity index (χ2v) is 3.52. The summed E-state index contributed by atoms with van der Waals surface area (Å²) < 4.78 is 2.25. The average molecular weight is 227 g/mol. The van der Waals surface area contributed by atoms with E-state index in [9.17, 15) is 0 Å². The molecule has 0 heterocycles. The van der Waals surface area contributed by atoms with Crippen molar-refractivity contribution < 1.29 is 0 Å². The van der Waals surface area contributed by atoms with Gasteiger partial charge >= 0.3 is 0 Å². The molecule has 0 atom stereocenters. The third kappa shape index (κ3) is 2.87. The monoisotopic (exact) mass is 227 g/mol. The number of hydrogen-bond donors (Lipinski definition) is 0. The highest BCUT2D eigenvalue weighted by Crippen LogP contribution is 2.09. The van der Waals surface area contributed by atoms with Gasteiger partial charge in [-0.25, -0.2) is 3.11 Å². The highest BCUT2D eigenvalue weighted by atomic mass is 127. The second kappa shape index (κ2) is 4.56. The van der Waals surface area contributed by atoms with Crippen LogP contribution in [0.4, 0.5) is 0 Å². The molecule has 0 rings (SSSR count).